The van der Waals surface area contributed by atoms with Gasteiger partial charge in [-0.05, 0) is 24.3 Å². The standard InChI is InChI=1S/C17H17N3O/c1-21-16-9-5-6-13(10-16)17-14(11-18)12-20(19-17)15-7-3-2-4-8-15/h2-10,12H,11,18H2,1H3. The van der Waals surface area contributed by atoms with Gasteiger partial charge in [-0.15, -0.1) is 0 Å². The van der Waals surface area contributed by atoms with Crippen LogP contribution >= 0.6 is 0 Å². The van der Waals surface area contributed by atoms with Crippen LogP contribution in [0.25, 0.3) is 16.9 Å². The van der Waals surface area contributed by atoms with E-state index in [1.165, 1.54) is 0 Å². The Balaban J connectivity index is 2.08. The van der Waals surface area contributed by atoms with Crippen molar-refractivity contribution in [3.05, 3.63) is 66.4 Å². The van der Waals surface area contributed by atoms with Gasteiger partial charge in [0.25, 0.3) is 0 Å². The molecule has 2 N–H and O–H groups in total. The van der Waals surface area contributed by atoms with Gasteiger partial charge in [-0.2, -0.15) is 5.10 Å². The van der Waals surface area contributed by atoms with Gasteiger partial charge in [0.1, 0.15) is 5.75 Å². The Labute approximate surface area is 123 Å². The molecule has 1 aromatic heterocycles. The first-order chi connectivity index (χ1) is 10.3. The zero-order chi connectivity index (χ0) is 14.7. The number of hydrogen-bond acceptors (Lipinski definition) is 3. The first kappa shape index (κ1) is 13.4. The van der Waals surface area contributed by atoms with Crippen LogP contribution in [0.4, 0.5) is 0 Å². The molecule has 0 amide bonds. The molecule has 1 heterocycles. The number of hydrogen-bond donors (Lipinski definition) is 1. The third kappa shape index (κ3) is 2.66. The molecule has 0 saturated heterocycles. The highest BCUT2D eigenvalue weighted by Gasteiger charge is 2.11. The lowest BCUT2D eigenvalue weighted by molar-refractivity contribution is 0.415. The molecule has 0 aliphatic carbocycles. The molecule has 3 aromatic rings. The Kier molecular flexibility index (Phi) is 3.71. The monoisotopic (exact) mass is 279 g/mol. The van der Waals surface area contributed by atoms with Gasteiger partial charge in [0, 0.05) is 23.9 Å². The van der Waals surface area contributed by atoms with Crippen LogP contribution in [0.2, 0.25) is 0 Å². The SMILES string of the molecule is COc1cccc(-c2nn(-c3ccccc3)cc2CN)c1. The quantitative estimate of drug-likeness (QED) is 0.798. The number of rotatable bonds is 4. The second-order valence-corrected chi connectivity index (χ2v) is 4.72. The van der Waals surface area contributed by atoms with Crippen molar-refractivity contribution < 1.29 is 4.74 Å². The largest absolute Gasteiger partial charge is 0.497 e. The zero-order valence-corrected chi connectivity index (χ0v) is 11.9. The maximum atomic E-state index is 5.87. The Hall–Kier alpha value is -2.59. The fourth-order valence-electron chi connectivity index (χ4n) is 2.29. The summed E-state index contributed by atoms with van der Waals surface area (Å²) >= 11 is 0. The molecule has 4 nitrogen and oxygen atoms in total. The molecule has 0 radical (unpaired) electrons. The maximum absolute atomic E-state index is 5.87. The lowest BCUT2D eigenvalue weighted by atomic mass is 10.1. The third-order valence-corrected chi connectivity index (χ3v) is 3.37. The lowest BCUT2D eigenvalue weighted by Gasteiger charge is -2.03. The highest BCUT2D eigenvalue weighted by molar-refractivity contribution is 5.65. The summed E-state index contributed by atoms with van der Waals surface area (Å²) in [6.45, 7) is 0.444. The number of para-hydroxylation sites is 1. The second-order valence-electron chi connectivity index (χ2n) is 4.72. The second kappa shape index (κ2) is 5.81. The van der Waals surface area contributed by atoms with Crippen molar-refractivity contribution >= 4 is 0 Å². The van der Waals surface area contributed by atoms with E-state index >= 15 is 0 Å². The lowest BCUT2D eigenvalue weighted by Crippen LogP contribution is -1.96. The highest BCUT2D eigenvalue weighted by Crippen LogP contribution is 2.26. The Morgan fingerprint density at radius 1 is 1.10 bits per heavy atom. The Morgan fingerprint density at radius 3 is 2.62 bits per heavy atom. The van der Waals surface area contributed by atoms with Crippen LogP contribution in [0, 0.1) is 0 Å². The third-order valence-electron chi connectivity index (χ3n) is 3.37. The van der Waals surface area contributed by atoms with Crippen LogP contribution in [0.3, 0.4) is 0 Å². The van der Waals surface area contributed by atoms with E-state index in [0.29, 0.717) is 6.54 Å². The minimum absolute atomic E-state index is 0.444. The van der Waals surface area contributed by atoms with E-state index < -0.39 is 0 Å². The maximum Gasteiger partial charge on any atom is 0.119 e. The van der Waals surface area contributed by atoms with Gasteiger partial charge in [0.05, 0.1) is 18.5 Å². The number of nitrogens with two attached hydrogens (primary N) is 1. The van der Waals surface area contributed by atoms with Crippen molar-refractivity contribution in [2.45, 2.75) is 6.54 Å². The number of methoxy groups -OCH3 is 1. The summed E-state index contributed by atoms with van der Waals surface area (Å²) in [7, 11) is 1.66. The van der Waals surface area contributed by atoms with Crippen LogP contribution in [-0.4, -0.2) is 16.9 Å². The van der Waals surface area contributed by atoms with Gasteiger partial charge in [-0.3, -0.25) is 0 Å². The molecule has 4 heteroatoms. The molecule has 0 spiro atoms. The molecule has 0 atom stereocenters. The van der Waals surface area contributed by atoms with Crippen molar-refractivity contribution in [3.63, 3.8) is 0 Å². The highest BCUT2D eigenvalue weighted by atomic mass is 16.5. The molecule has 0 bridgehead atoms. The fraction of sp³-hybridized carbons (Fsp3) is 0.118. The van der Waals surface area contributed by atoms with Crippen molar-refractivity contribution in [1.82, 2.24) is 9.78 Å². The van der Waals surface area contributed by atoms with Crippen LogP contribution in [0.1, 0.15) is 5.56 Å². The molecule has 21 heavy (non-hydrogen) atoms. The van der Waals surface area contributed by atoms with E-state index in [9.17, 15) is 0 Å². The van der Waals surface area contributed by atoms with Crippen molar-refractivity contribution in [3.8, 4) is 22.7 Å². The van der Waals surface area contributed by atoms with E-state index in [1.54, 1.807) is 7.11 Å². The number of benzene rings is 2. The first-order valence-electron chi connectivity index (χ1n) is 6.80. The predicted octanol–water partition coefficient (Wildman–Crippen LogP) is 3.01. The predicted molar refractivity (Wildman–Crippen MR) is 83.4 cm³/mol. The van der Waals surface area contributed by atoms with Gasteiger partial charge in [-0.25, -0.2) is 4.68 Å². The summed E-state index contributed by atoms with van der Waals surface area (Å²) in [4.78, 5) is 0. The zero-order valence-electron chi connectivity index (χ0n) is 11.9. The van der Waals surface area contributed by atoms with Crippen LogP contribution < -0.4 is 10.5 Å². The van der Waals surface area contributed by atoms with Gasteiger partial charge in [0.2, 0.25) is 0 Å². The van der Waals surface area contributed by atoms with Gasteiger partial charge in [0.15, 0.2) is 0 Å². The number of ether oxygens (including phenoxy) is 1. The van der Waals surface area contributed by atoms with E-state index in [-0.39, 0.29) is 0 Å². The molecular formula is C17H17N3O. The summed E-state index contributed by atoms with van der Waals surface area (Å²) in [5.41, 5.74) is 9.78. The van der Waals surface area contributed by atoms with Crippen molar-refractivity contribution in [2.24, 2.45) is 5.73 Å². The van der Waals surface area contributed by atoms with Crippen LogP contribution in [-0.2, 0) is 6.54 Å². The smallest absolute Gasteiger partial charge is 0.119 e. The average molecular weight is 279 g/mol. The summed E-state index contributed by atoms with van der Waals surface area (Å²) in [5, 5.41) is 4.68. The van der Waals surface area contributed by atoms with E-state index in [2.05, 4.69) is 5.10 Å². The van der Waals surface area contributed by atoms with E-state index in [1.807, 2.05) is 65.5 Å². The average Bonchev–Trinajstić information content (AvgIpc) is 3.00. The summed E-state index contributed by atoms with van der Waals surface area (Å²) < 4.78 is 7.13. The number of nitrogens with zero attached hydrogens (tertiary/aromatic N) is 2. The molecule has 2 aromatic carbocycles. The van der Waals surface area contributed by atoms with Crippen molar-refractivity contribution in [2.75, 3.05) is 7.11 Å². The summed E-state index contributed by atoms with van der Waals surface area (Å²) in [6, 6.07) is 17.9. The normalized spacial score (nSPS) is 10.6. The molecule has 106 valence electrons. The molecule has 0 aliphatic heterocycles. The molecule has 0 unspecified atom stereocenters. The summed E-state index contributed by atoms with van der Waals surface area (Å²) in [5.74, 6) is 0.810. The Morgan fingerprint density at radius 2 is 1.90 bits per heavy atom. The number of aromatic nitrogens is 2. The fourth-order valence-corrected chi connectivity index (χ4v) is 2.29. The van der Waals surface area contributed by atoms with Crippen LogP contribution in [0.15, 0.2) is 60.8 Å². The molecule has 3 rings (SSSR count). The molecule has 0 saturated carbocycles. The first-order valence-corrected chi connectivity index (χ1v) is 6.80. The van der Waals surface area contributed by atoms with Gasteiger partial charge in [-0.1, -0.05) is 30.3 Å². The van der Waals surface area contributed by atoms with E-state index in [4.69, 9.17) is 10.5 Å². The van der Waals surface area contributed by atoms with Crippen molar-refractivity contribution in [1.29, 1.82) is 0 Å². The van der Waals surface area contributed by atoms with Gasteiger partial charge < -0.3 is 10.5 Å². The minimum atomic E-state index is 0.444. The molecule has 0 aliphatic rings. The minimum Gasteiger partial charge on any atom is -0.497 e. The molecular weight excluding hydrogens is 262 g/mol. The van der Waals surface area contributed by atoms with Gasteiger partial charge >= 0.3 is 0 Å². The van der Waals surface area contributed by atoms with E-state index in [0.717, 1.165) is 28.3 Å². The Bertz CT molecular complexity index is 735. The summed E-state index contributed by atoms with van der Waals surface area (Å²) in [6.07, 6.45) is 1.98. The molecule has 0 fully saturated rings. The van der Waals surface area contributed by atoms with Crippen LogP contribution in [0.5, 0.6) is 5.75 Å². The topological polar surface area (TPSA) is 53.1 Å².